The number of aliphatic hydroxyl groups is 1. The summed E-state index contributed by atoms with van der Waals surface area (Å²) >= 11 is 0. The third kappa shape index (κ3) is 2.16. The molecule has 0 aromatic carbocycles. The summed E-state index contributed by atoms with van der Waals surface area (Å²) in [4.78, 5) is 13.7. The number of ether oxygens (including phenoxy) is 1. The van der Waals surface area contributed by atoms with Crippen LogP contribution in [0.1, 0.15) is 26.2 Å². The molecular weight excluding hydrogens is 194 g/mol. The molecule has 0 bridgehead atoms. The van der Waals surface area contributed by atoms with Crippen molar-refractivity contribution in [3.63, 3.8) is 0 Å². The van der Waals surface area contributed by atoms with Gasteiger partial charge in [-0.2, -0.15) is 0 Å². The fourth-order valence-corrected chi connectivity index (χ4v) is 2.25. The van der Waals surface area contributed by atoms with Crippen molar-refractivity contribution in [2.24, 2.45) is 5.92 Å². The van der Waals surface area contributed by atoms with E-state index in [1.165, 1.54) is 0 Å². The minimum absolute atomic E-state index is 0.125. The summed E-state index contributed by atoms with van der Waals surface area (Å²) in [5.74, 6) is 0.330. The van der Waals surface area contributed by atoms with Gasteiger partial charge in [-0.15, -0.1) is 0 Å². The van der Waals surface area contributed by atoms with Gasteiger partial charge in [0.25, 0.3) is 0 Å². The summed E-state index contributed by atoms with van der Waals surface area (Å²) in [5.41, 5.74) is -0.610. The number of hydrogen-bond acceptors (Lipinski definition) is 3. The van der Waals surface area contributed by atoms with Gasteiger partial charge < -0.3 is 14.7 Å². The molecule has 86 valence electrons. The van der Waals surface area contributed by atoms with E-state index in [0.717, 1.165) is 19.3 Å². The van der Waals surface area contributed by atoms with Crippen molar-refractivity contribution in [2.45, 2.75) is 31.8 Å². The number of hydrogen-bond donors (Lipinski definition) is 1. The van der Waals surface area contributed by atoms with E-state index in [1.54, 1.807) is 4.90 Å². The second-order valence-electron chi connectivity index (χ2n) is 4.66. The molecule has 0 aromatic rings. The van der Waals surface area contributed by atoms with Crippen LogP contribution in [0.15, 0.2) is 0 Å². The highest BCUT2D eigenvalue weighted by atomic mass is 16.5. The highest BCUT2D eigenvalue weighted by molar-refractivity contribution is 5.80. The Bertz CT molecular complexity index is 242. The highest BCUT2D eigenvalue weighted by Gasteiger charge is 2.43. The van der Waals surface area contributed by atoms with Crippen molar-refractivity contribution in [2.75, 3.05) is 26.3 Å². The molecule has 0 aliphatic carbocycles. The van der Waals surface area contributed by atoms with Gasteiger partial charge in [-0.05, 0) is 19.3 Å². The first-order valence-electron chi connectivity index (χ1n) is 5.73. The lowest BCUT2D eigenvalue weighted by Gasteiger charge is -2.47. The fourth-order valence-electron chi connectivity index (χ4n) is 2.25. The van der Waals surface area contributed by atoms with Crippen molar-refractivity contribution < 1.29 is 14.6 Å². The van der Waals surface area contributed by atoms with Gasteiger partial charge in [0.05, 0.1) is 18.7 Å². The van der Waals surface area contributed by atoms with E-state index >= 15 is 0 Å². The van der Waals surface area contributed by atoms with Crippen molar-refractivity contribution in [3.05, 3.63) is 0 Å². The number of carbonyl (C=O) groups excluding carboxylic acids is 1. The minimum atomic E-state index is -0.610. The lowest BCUT2D eigenvalue weighted by Crippen LogP contribution is -2.64. The van der Waals surface area contributed by atoms with Crippen molar-refractivity contribution in [1.82, 2.24) is 4.90 Å². The van der Waals surface area contributed by atoms with Crippen LogP contribution < -0.4 is 0 Å². The van der Waals surface area contributed by atoms with Crippen LogP contribution >= 0.6 is 0 Å². The second kappa shape index (κ2) is 4.10. The molecule has 4 heteroatoms. The summed E-state index contributed by atoms with van der Waals surface area (Å²) in [7, 11) is 0. The minimum Gasteiger partial charge on any atom is -0.386 e. The molecule has 15 heavy (non-hydrogen) atoms. The van der Waals surface area contributed by atoms with Crippen LogP contribution in [0.5, 0.6) is 0 Å². The van der Waals surface area contributed by atoms with Gasteiger partial charge in [0.15, 0.2) is 0 Å². The normalized spacial score (nSPS) is 26.1. The van der Waals surface area contributed by atoms with Crippen LogP contribution in [0.25, 0.3) is 0 Å². The predicted molar refractivity (Wildman–Crippen MR) is 55.4 cm³/mol. The Balaban J connectivity index is 1.83. The van der Waals surface area contributed by atoms with Crippen LogP contribution in [0, 0.1) is 5.92 Å². The fraction of sp³-hybridized carbons (Fsp3) is 0.909. The van der Waals surface area contributed by atoms with Crippen LogP contribution in [-0.4, -0.2) is 47.8 Å². The first-order chi connectivity index (χ1) is 7.14. The van der Waals surface area contributed by atoms with Gasteiger partial charge in [-0.1, -0.05) is 6.92 Å². The van der Waals surface area contributed by atoms with Crippen LogP contribution in [-0.2, 0) is 9.53 Å². The van der Waals surface area contributed by atoms with Crippen molar-refractivity contribution in [3.8, 4) is 0 Å². The van der Waals surface area contributed by atoms with E-state index in [4.69, 9.17) is 4.74 Å². The third-order valence-electron chi connectivity index (χ3n) is 3.51. The predicted octanol–water partition coefficient (Wildman–Crippen LogP) is 0.396. The number of rotatable bonds is 2. The molecule has 0 radical (unpaired) electrons. The molecule has 2 aliphatic rings. The number of likely N-dealkylation sites (tertiary alicyclic amines) is 1. The average Bonchev–Trinajstić information content (AvgIpc) is 2.25. The van der Waals surface area contributed by atoms with E-state index in [-0.39, 0.29) is 11.8 Å². The molecule has 2 aliphatic heterocycles. The Morgan fingerprint density at radius 1 is 1.47 bits per heavy atom. The Morgan fingerprint density at radius 3 is 2.60 bits per heavy atom. The molecule has 0 aromatic heterocycles. The van der Waals surface area contributed by atoms with E-state index in [1.807, 2.05) is 6.92 Å². The summed E-state index contributed by atoms with van der Waals surface area (Å²) in [6, 6.07) is 0. The Hall–Kier alpha value is -0.610. The molecule has 4 nitrogen and oxygen atoms in total. The van der Waals surface area contributed by atoms with Crippen LogP contribution in [0.4, 0.5) is 0 Å². The van der Waals surface area contributed by atoms with Crippen molar-refractivity contribution in [1.29, 1.82) is 0 Å². The zero-order valence-electron chi connectivity index (χ0n) is 9.24. The second-order valence-corrected chi connectivity index (χ2v) is 4.66. The zero-order chi connectivity index (χ0) is 10.9. The molecule has 0 unspecified atom stereocenters. The first-order valence-corrected chi connectivity index (χ1v) is 5.73. The standard InChI is InChI=1S/C11H19NO3/c1-2-11(14)7-12(8-11)10(13)9-3-5-15-6-4-9/h9,14H,2-8H2,1H3. The Kier molecular flexibility index (Phi) is 2.98. The summed E-state index contributed by atoms with van der Waals surface area (Å²) in [6.45, 7) is 4.38. The van der Waals surface area contributed by atoms with E-state index in [9.17, 15) is 9.90 Å². The molecule has 0 spiro atoms. The molecule has 2 rings (SSSR count). The molecule has 1 amide bonds. The van der Waals surface area contributed by atoms with E-state index < -0.39 is 5.60 Å². The lowest BCUT2D eigenvalue weighted by molar-refractivity contribution is -0.162. The van der Waals surface area contributed by atoms with Gasteiger partial charge in [-0.3, -0.25) is 4.79 Å². The molecule has 2 heterocycles. The molecular formula is C11H19NO3. The maximum absolute atomic E-state index is 11.9. The number of carbonyl (C=O) groups is 1. The van der Waals surface area contributed by atoms with Gasteiger partial charge in [0.1, 0.15) is 0 Å². The summed E-state index contributed by atoms with van der Waals surface area (Å²) < 4.78 is 5.22. The number of β-amino-alcohol motifs (C(OH)–C–C–N with tert-alkyl or cyclic N) is 1. The van der Waals surface area contributed by atoms with Crippen LogP contribution in [0.2, 0.25) is 0 Å². The summed E-state index contributed by atoms with van der Waals surface area (Å²) in [6.07, 6.45) is 2.39. The Morgan fingerprint density at radius 2 is 2.07 bits per heavy atom. The lowest BCUT2D eigenvalue weighted by atomic mass is 9.88. The first kappa shape index (κ1) is 10.9. The maximum atomic E-state index is 11.9. The van der Waals surface area contributed by atoms with E-state index in [2.05, 4.69) is 0 Å². The molecule has 2 fully saturated rings. The maximum Gasteiger partial charge on any atom is 0.226 e. The third-order valence-corrected chi connectivity index (χ3v) is 3.51. The molecule has 1 N–H and O–H groups in total. The van der Waals surface area contributed by atoms with Gasteiger partial charge in [0, 0.05) is 19.1 Å². The van der Waals surface area contributed by atoms with E-state index in [0.29, 0.717) is 26.3 Å². The molecule has 2 saturated heterocycles. The van der Waals surface area contributed by atoms with Gasteiger partial charge >= 0.3 is 0 Å². The van der Waals surface area contributed by atoms with Gasteiger partial charge in [-0.25, -0.2) is 0 Å². The quantitative estimate of drug-likeness (QED) is 0.722. The average molecular weight is 213 g/mol. The highest BCUT2D eigenvalue weighted by Crippen LogP contribution is 2.28. The van der Waals surface area contributed by atoms with Crippen LogP contribution in [0.3, 0.4) is 0 Å². The SMILES string of the molecule is CCC1(O)CN(C(=O)C2CCOCC2)C1. The van der Waals surface area contributed by atoms with Gasteiger partial charge in [0.2, 0.25) is 5.91 Å². The molecule has 0 saturated carbocycles. The molecule has 0 atom stereocenters. The van der Waals surface area contributed by atoms with Crippen molar-refractivity contribution >= 4 is 5.91 Å². The topological polar surface area (TPSA) is 49.8 Å². The summed E-state index contributed by atoms with van der Waals surface area (Å²) in [5, 5.41) is 9.82. The number of amides is 1. The monoisotopic (exact) mass is 213 g/mol. The largest absolute Gasteiger partial charge is 0.386 e. The Labute approximate surface area is 90.2 Å². The number of nitrogens with zero attached hydrogens (tertiary/aromatic N) is 1. The zero-order valence-corrected chi connectivity index (χ0v) is 9.24. The smallest absolute Gasteiger partial charge is 0.226 e.